The van der Waals surface area contributed by atoms with Gasteiger partial charge in [0.05, 0.1) is 24.7 Å². The van der Waals surface area contributed by atoms with E-state index in [-0.39, 0.29) is 25.1 Å². The number of sulfonamides is 1. The quantitative estimate of drug-likeness (QED) is 0.274. The molecule has 11 heteroatoms. The average Bonchev–Trinajstić information content (AvgIpc) is 2.87. The number of hydrogen-bond acceptors (Lipinski definition) is 6. The fourth-order valence-electron chi connectivity index (χ4n) is 3.33. The number of amides is 2. The minimum absolute atomic E-state index is 0.0418. The molecule has 2 N–H and O–H groups in total. The van der Waals surface area contributed by atoms with Gasteiger partial charge in [0.15, 0.2) is 6.61 Å². The maximum atomic E-state index is 12.5. The van der Waals surface area contributed by atoms with Crippen LogP contribution in [-0.2, 0) is 21.4 Å². The third kappa shape index (κ3) is 8.89. The summed E-state index contributed by atoms with van der Waals surface area (Å²) in [4.78, 5) is 24.2. The largest absolute Gasteiger partial charge is 0.484 e. The number of nitrogens with one attached hydrogen (secondary N) is 2. The first-order valence-electron chi connectivity index (χ1n) is 11.7. The van der Waals surface area contributed by atoms with Crippen LogP contribution >= 0.6 is 11.6 Å². The van der Waals surface area contributed by atoms with Crippen LogP contribution in [0.15, 0.2) is 77.9 Å². The number of halogens is 1. The molecule has 0 saturated carbocycles. The number of rotatable bonds is 11. The lowest BCUT2D eigenvalue weighted by Crippen LogP contribution is -2.34. The Labute approximate surface area is 227 Å². The zero-order valence-electron chi connectivity index (χ0n) is 21.2. The lowest BCUT2D eigenvalue weighted by molar-refractivity contribution is -0.123. The molecule has 0 fully saturated rings. The smallest absolute Gasteiger partial charge is 0.271 e. The number of carbonyl (C=O) groups is 2. The number of anilines is 1. The minimum Gasteiger partial charge on any atom is -0.484 e. The van der Waals surface area contributed by atoms with Gasteiger partial charge in [-0.05, 0) is 85.6 Å². The van der Waals surface area contributed by atoms with Crippen LogP contribution in [0, 0.1) is 0 Å². The molecule has 9 nitrogen and oxygen atoms in total. The number of carbonyl (C=O) groups excluding carboxylic acids is 2. The molecule has 0 unspecified atom stereocenters. The second-order valence-electron chi connectivity index (χ2n) is 8.72. The maximum absolute atomic E-state index is 12.5. The molecule has 0 spiro atoms. The molecular weight excluding hydrogens is 528 g/mol. The van der Waals surface area contributed by atoms with Gasteiger partial charge >= 0.3 is 0 Å². The van der Waals surface area contributed by atoms with E-state index in [1.807, 2.05) is 13.8 Å². The third-order valence-electron chi connectivity index (χ3n) is 5.14. The predicted octanol–water partition coefficient (Wildman–Crippen LogP) is 3.97. The Morgan fingerprint density at radius 3 is 2.21 bits per heavy atom. The van der Waals surface area contributed by atoms with E-state index in [4.69, 9.17) is 16.3 Å². The first-order chi connectivity index (χ1) is 18.0. The minimum atomic E-state index is -3.57. The number of nitrogens with zero attached hydrogens (tertiary/aromatic N) is 2. The molecule has 2 amide bonds. The van der Waals surface area contributed by atoms with Gasteiger partial charge in [0.2, 0.25) is 10.0 Å². The molecule has 0 aliphatic heterocycles. The van der Waals surface area contributed by atoms with Crippen LogP contribution < -0.4 is 19.8 Å². The van der Waals surface area contributed by atoms with E-state index in [9.17, 15) is 18.0 Å². The number of ether oxygens (including phenoxy) is 1. The molecule has 0 radical (unpaired) electrons. The number of hydrazone groups is 1. The van der Waals surface area contributed by atoms with Gasteiger partial charge in [-0.15, -0.1) is 0 Å². The van der Waals surface area contributed by atoms with Crippen molar-refractivity contribution in [2.75, 3.05) is 17.2 Å². The normalized spacial score (nSPS) is 11.4. The van der Waals surface area contributed by atoms with Gasteiger partial charge < -0.3 is 10.1 Å². The highest BCUT2D eigenvalue weighted by molar-refractivity contribution is 7.92. The lowest BCUT2D eigenvalue weighted by atomic mass is 10.2. The summed E-state index contributed by atoms with van der Waals surface area (Å²) in [6, 6.07) is 20.0. The third-order valence-corrected chi connectivity index (χ3v) is 6.53. The van der Waals surface area contributed by atoms with E-state index in [0.717, 1.165) is 11.8 Å². The molecule has 0 aromatic heterocycles. The Bertz CT molecular complexity index is 1370. The Hall–Kier alpha value is -3.89. The molecule has 0 atom stereocenters. The van der Waals surface area contributed by atoms with Gasteiger partial charge in [-0.25, -0.2) is 13.8 Å². The molecular formula is C27H29ClN4O5S. The summed E-state index contributed by atoms with van der Waals surface area (Å²) in [5, 5.41) is 7.27. The fraction of sp³-hybridized carbons (Fsp3) is 0.222. The van der Waals surface area contributed by atoms with Crippen molar-refractivity contribution in [3.05, 3.63) is 94.5 Å². The second-order valence-corrected chi connectivity index (χ2v) is 11.1. The summed E-state index contributed by atoms with van der Waals surface area (Å²) in [6.45, 7) is 3.79. The van der Waals surface area contributed by atoms with Crippen LogP contribution in [0.2, 0.25) is 5.02 Å². The van der Waals surface area contributed by atoms with Crippen LogP contribution in [0.4, 0.5) is 5.69 Å². The zero-order chi connectivity index (χ0) is 27.7. The van der Waals surface area contributed by atoms with Crippen molar-refractivity contribution in [1.29, 1.82) is 0 Å². The summed E-state index contributed by atoms with van der Waals surface area (Å²) < 4.78 is 31.5. The highest BCUT2D eigenvalue weighted by atomic mass is 35.5. The Morgan fingerprint density at radius 2 is 1.63 bits per heavy atom. The SMILES string of the molecule is CC(C)NC(=O)COc1ccc(/C=N\NC(=O)c2ccc(N(Cc3ccc(Cl)cc3)S(C)(=O)=O)cc2)cc1. The number of benzene rings is 3. The van der Waals surface area contributed by atoms with Gasteiger partial charge in [0.25, 0.3) is 11.8 Å². The highest BCUT2D eigenvalue weighted by Gasteiger charge is 2.18. The van der Waals surface area contributed by atoms with Gasteiger partial charge in [-0.2, -0.15) is 5.10 Å². The Balaban J connectivity index is 1.57. The fourth-order valence-corrected chi connectivity index (χ4v) is 4.34. The van der Waals surface area contributed by atoms with Crippen molar-refractivity contribution in [3.8, 4) is 5.75 Å². The molecule has 0 heterocycles. The summed E-state index contributed by atoms with van der Waals surface area (Å²) in [5.41, 5.74) is 4.67. The van der Waals surface area contributed by atoms with Crippen LogP contribution in [-0.4, -0.2) is 45.4 Å². The van der Waals surface area contributed by atoms with Gasteiger partial charge in [-0.3, -0.25) is 13.9 Å². The van der Waals surface area contributed by atoms with Crippen molar-refractivity contribution in [2.45, 2.75) is 26.4 Å². The Kier molecular flexibility index (Phi) is 9.86. The Morgan fingerprint density at radius 1 is 1.00 bits per heavy atom. The molecule has 0 aliphatic rings. The molecule has 0 bridgehead atoms. The average molecular weight is 557 g/mol. The summed E-state index contributed by atoms with van der Waals surface area (Å²) in [5.74, 6) is -0.121. The van der Waals surface area contributed by atoms with E-state index in [1.54, 1.807) is 60.7 Å². The van der Waals surface area contributed by atoms with Crippen molar-refractivity contribution >= 4 is 45.3 Å². The monoisotopic (exact) mass is 556 g/mol. The van der Waals surface area contributed by atoms with Gasteiger partial charge in [0.1, 0.15) is 5.75 Å². The molecule has 3 aromatic carbocycles. The zero-order valence-corrected chi connectivity index (χ0v) is 22.8. The van der Waals surface area contributed by atoms with Crippen LogP contribution in [0.5, 0.6) is 5.75 Å². The van der Waals surface area contributed by atoms with Gasteiger partial charge in [0, 0.05) is 16.6 Å². The maximum Gasteiger partial charge on any atom is 0.271 e. The van der Waals surface area contributed by atoms with E-state index < -0.39 is 15.9 Å². The highest BCUT2D eigenvalue weighted by Crippen LogP contribution is 2.22. The summed E-state index contributed by atoms with van der Waals surface area (Å²) >= 11 is 5.92. The topological polar surface area (TPSA) is 117 Å². The van der Waals surface area contributed by atoms with E-state index in [2.05, 4.69) is 15.8 Å². The standard InChI is InChI=1S/C27H29ClN4O5S/c1-19(2)30-26(33)18-37-25-14-6-20(7-15-25)16-29-31-27(34)22-8-12-24(13-9-22)32(38(3,35)36)17-21-4-10-23(28)11-5-21/h4-16,19H,17-18H2,1-3H3,(H,30,33)(H,31,34)/b29-16-. The van der Waals surface area contributed by atoms with E-state index in [0.29, 0.717) is 27.6 Å². The molecule has 3 aromatic rings. The summed E-state index contributed by atoms with van der Waals surface area (Å²) in [7, 11) is -3.57. The van der Waals surface area contributed by atoms with Crippen LogP contribution in [0.1, 0.15) is 35.3 Å². The number of hydrogen-bond donors (Lipinski definition) is 2. The van der Waals surface area contributed by atoms with Crippen molar-refractivity contribution < 1.29 is 22.7 Å². The van der Waals surface area contributed by atoms with E-state index in [1.165, 1.54) is 22.7 Å². The van der Waals surface area contributed by atoms with Crippen LogP contribution in [0.25, 0.3) is 0 Å². The van der Waals surface area contributed by atoms with Crippen molar-refractivity contribution in [3.63, 3.8) is 0 Å². The van der Waals surface area contributed by atoms with Crippen molar-refractivity contribution in [2.24, 2.45) is 5.10 Å². The molecule has 3 rings (SSSR count). The van der Waals surface area contributed by atoms with Crippen molar-refractivity contribution in [1.82, 2.24) is 10.7 Å². The predicted molar refractivity (Wildman–Crippen MR) is 149 cm³/mol. The second kappa shape index (κ2) is 13.1. The lowest BCUT2D eigenvalue weighted by Gasteiger charge is -2.22. The molecule has 0 saturated heterocycles. The van der Waals surface area contributed by atoms with Crippen LogP contribution in [0.3, 0.4) is 0 Å². The molecule has 38 heavy (non-hydrogen) atoms. The van der Waals surface area contributed by atoms with Gasteiger partial charge in [-0.1, -0.05) is 23.7 Å². The van der Waals surface area contributed by atoms with E-state index >= 15 is 0 Å². The summed E-state index contributed by atoms with van der Waals surface area (Å²) in [6.07, 6.45) is 2.60. The molecule has 0 aliphatic carbocycles. The first kappa shape index (κ1) is 28.7. The molecule has 200 valence electrons. The first-order valence-corrected chi connectivity index (χ1v) is 13.9.